The lowest BCUT2D eigenvalue weighted by Crippen LogP contribution is -2.71. The third-order valence-corrected chi connectivity index (χ3v) is 5.78. The highest BCUT2D eigenvalue weighted by molar-refractivity contribution is 5.80. The van der Waals surface area contributed by atoms with Crippen molar-refractivity contribution in [3.63, 3.8) is 0 Å². The molecule has 2 aliphatic carbocycles. The number of hydrogen-bond donors (Lipinski definition) is 3. The van der Waals surface area contributed by atoms with Crippen LogP contribution in [0.4, 0.5) is 0 Å². The molecule has 2 saturated carbocycles. The van der Waals surface area contributed by atoms with E-state index in [1.807, 2.05) is 0 Å². The van der Waals surface area contributed by atoms with Gasteiger partial charge in [-0.15, -0.1) is 0 Å². The lowest BCUT2D eigenvalue weighted by molar-refractivity contribution is -0.188. The van der Waals surface area contributed by atoms with Gasteiger partial charge in [0.2, 0.25) is 0 Å². The van der Waals surface area contributed by atoms with Crippen molar-refractivity contribution in [1.82, 2.24) is 10.6 Å². The van der Waals surface area contributed by atoms with E-state index in [9.17, 15) is 5.11 Å². The largest absolute Gasteiger partial charge is 0.388 e. The van der Waals surface area contributed by atoms with Crippen molar-refractivity contribution in [2.24, 2.45) is 16.3 Å². The van der Waals surface area contributed by atoms with Gasteiger partial charge in [-0.05, 0) is 39.0 Å². The van der Waals surface area contributed by atoms with Crippen LogP contribution in [0.25, 0.3) is 0 Å². The van der Waals surface area contributed by atoms with Gasteiger partial charge in [-0.1, -0.05) is 13.8 Å². The molecule has 1 aliphatic heterocycles. The Kier molecular flexibility index (Phi) is 4.38. The molecule has 0 aromatic rings. The molecule has 5 heteroatoms. The Balaban J connectivity index is 1.64. The summed E-state index contributed by atoms with van der Waals surface area (Å²) < 4.78 is 5.96. The van der Waals surface area contributed by atoms with Crippen molar-refractivity contribution in [2.45, 2.75) is 70.6 Å². The second-order valence-corrected chi connectivity index (χ2v) is 7.81. The molecule has 1 saturated heterocycles. The first-order chi connectivity index (χ1) is 10.5. The molecular formula is C17H31N3O2. The average Bonchev–Trinajstić information content (AvgIpc) is 2.48. The highest BCUT2D eigenvalue weighted by Gasteiger charge is 2.58. The lowest BCUT2D eigenvalue weighted by Gasteiger charge is -2.60. The van der Waals surface area contributed by atoms with E-state index in [1.165, 1.54) is 6.42 Å². The molecular weight excluding hydrogens is 278 g/mol. The topological polar surface area (TPSA) is 65.9 Å². The molecule has 3 N–H and O–H groups in total. The molecule has 3 aliphatic rings. The van der Waals surface area contributed by atoms with E-state index in [0.717, 1.165) is 44.8 Å². The minimum atomic E-state index is -0.562. The molecule has 0 spiro atoms. The van der Waals surface area contributed by atoms with Crippen LogP contribution in [0.2, 0.25) is 0 Å². The number of rotatable bonds is 4. The predicted molar refractivity (Wildman–Crippen MR) is 87.9 cm³/mol. The second kappa shape index (κ2) is 6.00. The molecule has 0 radical (unpaired) electrons. The van der Waals surface area contributed by atoms with Gasteiger partial charge in [0.15, 0.2) is 5.96 Å². The number of nitrogens with one attached hydrogen (secondary N) is 2. The van der Waals surface area contributed by atoms with Crippen LogP contribution in [0.5, 0.6) is 0 Å². The van der Waals surface area contributed by atoms with Gasteiger partial charge >= 0.3 is 0 Å². The fourth-order valence-electron chi connectivity index (χ4n) is 4.25. The summed E-state index contributed by atoms with van der Waals surface area (Å²) in [4.78, 5) is 4.64. The van der Waals surface area contributed by atoms with Gasteiger partial charge in [0, 0.05) is 30.5 Å². The number of nitrogens with zero attached hydrogens (tertiary/aromatic N) is 1. The normalized spacial score (nSPS) is 35.8. The minimum absolute atomic E-state index is 0.134. The van der Waals surface area contributed by atoms with E-state index in [1.54, 1.807) is 0 Å². The highest BCUT2D eigenvalue weighted by atomic mass is 16.5. The van der Waals surface area contributed by atoms with Crippen LogP contribution >= 0.6 is 0 Å². The van der Waals surface area contributed by atoms with E-state index in [2.05, 4.69) is 36.4 Å². The molecule has 0 bridgehead atoms. The third-order valence-electron chi connectivity index (χ3n) is 5.78. The monoisotopic (exact) mass is 309 g/mol. The van der Waals surface area contributed by atoms with Crippen LogP contribution in [0, 0.1) is 11.3 Å². The van der Waals surface area contributed by atoms with Crippen molar-refractivity contribution >= 4 is 5.96 Å². The van der Waals surface area contributed by atoms with Gasteiger partial charge in [-0.3, -0.25) is 4.99 Å². The zero-order valence-corrected chi connectivity index (χ0v) is 14.2. The standard InChI is InChI=1S/C17H31N3O2/c1-4-18-15(19-11-17(21)8-6-9-17)20-13-12-7-5-10-22-14(12)16(13,2)3/h12-14,21H,4-11H2,1-3H3,(H2,18,19,20). The maximum Gasteiger partial charge on any atom is 0.191 e. The molecule has 3 atom stereocenters. The molecule has 126 valence electrons. The summed E-state index contributed by atoms with van der Waals surface area (Å²) in [5, 5.41) is 17.2. The Hall–Kier alpha value is -0.810. The van der Waals surface area contributed by atoms with Gasteiger partial charge in [0.25, 0.3) is 0 Å². The van der Waals surface area contributed by atoms with Crippen LogP contribution in [0.1, 0.15) is 52.9 Å². The van der Waals surface area contributed by atoms with E-state index in [0.29, 0.717) is 24.6 Å². The number of aliphatic imine (C=N–C) groups is 1. The fraction of sp³-hybridized carbons (Fsp3) is 0.941. The number of hydrogen-bond acceptors (Lipinski definition) is 3. The quantitative estimate of drug-likeness (QED) is 0.546. The average molecular weight is 309 g/mol. The molecule has 3 unspecified atom stereocenters. The van der Waals surface area contributed by atoms with Gasteiger partial charge in [-0.25, -0.2) is 0 Å². The number of ether oxygens (including phenoxy) is 1. The summed E-state index contributed by atoms with van der Waals surface area (Å²) in [6.45, 7) is 8.87. The summed E-state index contributed by atoms with van der Waals surface area (Å²) in [5.74, 6) is 1.42. The van der Waals surface area contributed by atoms with Crippen molar-refractivity contribution in [3.05, 3.63) is 0 Å². The number of aliphatic hydroxyl groups is 1. The molecule has 5 nitrogen and oxygen atoms in total. The van der Waals surface area contributed by atoms with Crippen LogP contribution in [0.15, 0.2) is 4.99 Å². The first-order valence-electron chi connectivity index (χ1n) is 8.85. The van der Waals surface area contributed by atoms with Crippen LogP contribution < -0.4 is 10.6 Å². The summed E-state index contributed by atoms with van der Waals surface area (Å²) >= 11 is 0. The van der Waals surface area contributed by atoms with Crippen molar-refractivity contribution in [3.8, 4) is 0 Å². The third kappa shape index (κ3) is 2.85. The summed E-state index contributed by atoms with van der Waals surface area (Å²) in [7, 11) is 0. The Bertz CT molecular complexity index is 432. The molecule has 3 rings (SSSR count). The first kappa shape index (κ1) is 16.1. The summed E-state index contributed by atoms with van der Waals surface area (Å²) in [5.41, 5.74) is -0.428. The first-order valence-corrected chi connectivity index (χ1v) is 8.85. The summed E-state index contributed by atoms with van der Waals surface area (Å²) in [6.07, 6.45) is 5.63. The van der Waals surface area contributed by atoms with Gasteiger partial charge < -0.3 is 20.5 Å². The molecule has 0 amide bonds. The van der Waals surface area contributed by atoms with Crippen LogP contribution in [-0.4, -0.2) is 48.5 Å². The van der Waals surface area contributed by atoms with Gasteiger partial charge in [0.1, 0.15) is 0 Å². The predicted octanol–water partition coefficient (Wildman–Crippen LogP) is 1.66. The van der Waals surface area contributed by atoms with Crippen molar-refractivity contribution < 1.29 is 9.84 Å². The SMILES string of the molecule is CCNC(=NCC1(O)CCC1)NC1C2CCCOC2C1(C)C. The van der Waals surface area contributed by atoms with Crippen LogP contribution in [0.3, 0.4) is 0 Å². The Morgan fingerprint density at radius 2 is 2.09 bits per heavy atom. The van der Waals surface area contributed by atoms with Gasteiger partial charge in [-0.2, -0.15) is 0 Å². The second-order valence-electron chi connectivity index (χ2n) is 7.81. The Morgan fingerprint density at radius 3 is 2.73 bits per heavy atom. The van der Waals surface area contributed by atoms with E-state index < -0.39 is 5.60 Å². The zero-order chi connectivity index (χ0) is 15.8. The molecule has 3 fully saturated rings. The fourth-order valence-corrected chi connectivity index (χ4v) is 4.25. The Labute approximate surface area is 133 Å². The van der Waals surface area contributed by atoms with E-state index in [-0.39, 0.29) is 5.41 Å². The van der Waals surface area contributed by atoms with Crippen molar-refractivity contribution in [1.29, 1.82) is 0 Å². The molecule has 1 heterocycles. The summed E-state index contributed by atoms with van der Waals surface area (Å²) in [6, 6.07) is 0.395. The van der Waals surface area contributed by atoms with Gasteiger partial charge in [0.05, 0.1) is 18.2 Å². The zero-order valence-electron chi connectivity index (χ0n) is 14.2. The highest BCUT2D eigenvalue weighted by Crippen LogP contribution is 2.51. The minimum Gasteiger partial charge on any atom is -0.388 e. The van der Waals surface area contributed by atoms with E-state index in [4.69, 9.17) is 4.74 Å². The maximum atomic E-state index is 10.2. The maximum absolute atomic E-state index is 10.2. The number of fused-ring (bicyclic) bond motifs is 1. The molecule has 0 aromatic heterocycles. The van der Waals surface area contributed by atoms with Crippen molar-refractivity contribution in [2.75, 3.05) is 19.7 Å². The molecule has 22 heavy (non-hydrogen) atoms. The molecule has 0 aromatic carbocycles. The van der Waals surface area contributed by atoms with Crippen LogP contribution in [-0.2, 0) is 4.74 Å². The number of guanidine groups is 1. The van der Waals surface area contributed by atoms with E-state index >= 15 is 0 Å². The Morgan fingerprint density at radius 1 is 1.32 bits per heavy atom. The smallest absolute Gasteiger partial charge is 0.191 e. The lowest BCUT2D eigenvalue weighted by atomic mass is 9.55.